The van der Waals surface area contributed by atoms with Crippen molar-refractivity contribution in [3.63, 3.8) is 0 Å². The lowest BCUT2D eigenvalue weighted by atomic mass is 10.1. The van der Waals surface area contributed by atoms with E-state index in [-0.39, 0.29) is 0 Å². The Labute approximate surface area is 108 Å². The summed E-state index contributed by atoms with van der Waals surface area (Å²) in [6.45, 7) is 5.44. The van der Waals surface area contributed by atoms with E-state index >= 15 is 0 Å². The highest BCUT2D eigenvalue weighted by atomic mass is 15.2. The van der Waals surface area contributed by atoms with Crippen molar-refractivity contribution in [1.82, 2.24) is 14.8 Å². The number of rotatable bonds is 1. The Hall–Kier alpha value is -1.32. The molecule has 1 aromatic carbocycles. The summed E-state index contributed by atoms with van der Waals surface area (Å²) in [5.41, 5.74) is 4.11. The number of hydrogen-bond donors (Lipinski definition) is 1. The van der Waals surface area contributed by atoms with Crippen LogP contribution in [0.4, 0.5) is 0 Å². The molecule has 1 aliphatic heterocycles. The normalized spacial score (nSPS) is 21.6. The van der Waals surface area contributed by atoms with Crippen LogP contribution < -0.4 is 5.32 Å². The fraction of sp³-hybridized carbons (Fsp3) is 0.467. The predicted molar refractivity (Wildman–Crippen MR) is 75.9 cm³/mol. The molecule has 3 rings (SSSR count). The lowest BCUT2D eigenvalue weighted by Crippen LogP contribution is -2.44. The van der Waals surface area contributed by atoms with E-state index < -0.39 is 0 Å². The molecule has 1 saturated heterocycles. The molecule has 0 spiro atoms. The number of aryl methyl sites for hydroxylation is 2. The number of benzene rings is 1. The van der Waals surface area contributed by atoms with Gasteiger partial charge in [0.1, 0.15) is 0 Å². The van der Waals surface area contributed by atoms with Gasteiger partial charge in [-0.05, 0) is 31.7 Å². The second kappa shape index (κ2) is 4.41. The Balaban J connectivity index is 2.11. The molecule has 2 aromatic rings. The van der Waals surface area contributed by atoms with Gasteiger partial charge in [0.2, 0.25) is 0 Å². The number of piperazine rings is 1. The number of nitrogens with zero attached hydrogens (tertiary/aromatic N) is 2. The largest absolute Gasteiger partial charge is 0.346 e. The third kappa shape index (κ3) is 1.74. The van der Waals surface area contributed by atoms with E-state index in [9.17, 15) is 0 Å². The smallest absolute Gasteiger partial charge is 0.0624 e. The maximum Gasteiger partial charge on any atom is 0.0624 e. The Bertz CT molecular complexity index is 570. The highest BCUT2D eigenvalue weighted by Crippen LogP contribution is 2.28. The molecule has 0 amide bonds. The molecule has 1 aliphatic rings. The van der Waals surface area contributed by atoms with Crippen molar-refractivity contribution < 1.29 is 0 Å². The maximum absolute atomic E-state index is 3.49. The fourth-order valence-electron chi connectivity index (χ4n) is 2.99. The monoisotopic (exact) mass is 243 g/mol. The Kier molecular flexibility index (Phi) is 2.88. The lowest BCUT2D eigenvalue weighted by molar-refractivity contribution is 0.196. The average Bonchev–Trinajstić information content (AvgIpc) is 2.70. The van der Waals surface area contributed by atoms with Gasteiger partial charge in [0.25, 0.3) is 0 Å². The molecule has 0 bridgehead atoms. The number of hydrogen-bond acceptors (Lipinski definition) is 2. The minimum atomic E-state index is 0.482. The van der Waals surface area contributed by atoms with Crippen LogP contribution in [0.15, 0.2) is 24.3 Å². The quantitative estimate of drug-likeness (QED) is 0.827. The van der Waals surface area contributed by atoms with Crippen molar-refractivity contribution in [2.75, 3.05) is 26.7 Å². The zero-order valence-electron chi connectivity index (χ0n) is 11.4. The molecule has 1 aromatic heterocycles. The first-order chi connectivity index (χ1) is 8.68. The van der Waals surface area contributed by atoms with Crippen molar-refractivity contribution >= 4 is 10.9 Å². The van der Waals surface area contributed by atoms with Gasteiger partial charge in [-0.1, -0.05) is 12.1 Å². The van der Waals surface area contributed by atoms with Crippen LogP contribution in [-0.4, -0.2) is 36.1 Å². The van der Waals surface area contributed by atoms with Gasteiger partial charge in [-0.15, -0.1) is 0 Å². The zero-order valence-corrected chi connectivity index (χ0v) is 11.4. The molecule has 18 heavy (non-hydrogen) atoms. The van der Waals surface area contributed by atoms with Gasteiger partial charge < -0.3 is 9.88 Å². The van der Waals surface area contributed by atoms with Crippen molar-refractivity contribution in [2.45, 2.75) is 13.0 Å². The van der Waals surface area contributed by atoms with E-state index in [0.717, 1.165) is 19.6 Å². The van der Waals surface area contributed by atoms with Gasteiger partial charge in [0, 0.05) is 43.3 Å². The Morgan fingerprint density at radius 2 is 2.11 bits per heavy atom. The number of fused-ring (bicyclic) bond motifs is 1. The highest BCUT2D eigenvalue weighted by Gasteiger charge is 2.23. The highest BCUT2D eigenvalue weighted by molar-refractivity contribution is 5.84. The first-order valence-electron chi connectivity index (χ1n) is 6.64. The molecule has 1 N–H and O–H groups in total. The molecule has 0 radical (unpaired) electrons. The van der Waals surface area contributed by atoms with Gasteiger partial charge in [0.15, 0.2) is 0 Å². The molecule has 3 nitrogen and oxygen atoms in total. The van der Waals surface area contributed by atoms with E-state index in [4.69, 9.17) is 0 Å². The fourth-order valence-corrected chi connectivity index (χ4v) is 2.99. The van der Waals surface area contributed by atoms with Crippen LogP contribution in [0.5, 0.6) is 0 Å². The summed E-state index contributed by atoms with van der Waals surface area (Å²) in [5, 5.41) is 4.88. The van der Waals surface area contributed by atoms with E-state index in [0.29, 0.717) is 6.04 Å². The number of nitrogens with one attached hydrogen (secondary N) is 1. The van der Waals surface area contributed by atoms with Crippen LogP contribution in [0, 0.1) is 6.92 Å². The van der Waals surface area contributed by atoms with Gasteiger partial charge in [-0.25, -0.2) is 0 Å². The Morgan fingerprint density at radius 3 is 2.83 bits per heavy atom. The Morgan fingerprint density at radius 1 is 1.28 bits per heavy atom. The number of aromatic nitrogens is 1. The standard InChI is InChI=1S/C15H21N3/c1-11-5-4-6-13-12(11)9-14(18(13)3)15-10-16-7-8-17(15)2/h4-6,9,15-16H,7-8,10H2,1-3H3. The molecule has 96 valence electrons. The summed E-state index contributed by atoms with van der Waals surface area (Å²) in [6, 6.07) is 9.38. The summed E-state index contributed by atoms with van der Waals surface area (Å²) in [7, 11) is 4.40. The summed E-state index contributed by atoms with van der Waals surface area (Å²) in [4.78, 5) is 2.44. The molecule has 1 atom stereocenters. The van der Waals surface area contributed by atoms with Crippen LogP contribution in [-0.2, 0) is 7.05 Å². The molecule has 2 heterocycles. The van der Waals surface area contributed by atoms with E-state index in [1.165, 1.54) is 22.2 Å². The van der Waals surface area contributed by atoms with Crippen molar-refractivity contribution in [1.29, 1.82) is 0 Å². The molecular formula is C15H21N3. The van der Waals surface area contributed by atoms with Gasteiger partial charge in [-0.2, -0.15) is 0 Å². The molecule has 1 fully saturated rings. The van der Waals surface area contributed by atoms with Gasteiger partial charge in [0.05, 0.1) is 6.04 Å². The van der Waals surface area contributed by atoms with E-state index in [1.54, 1.807) is 0 Å². The van der Waals surface area contributed by atoms with Crippen molar-refractivity contribution in [3.05, 3.63) is 35.5 Å². The second-order valence-electron chi connectivity index (χ2n) is 5.34. The van der Waals surface area contributed by atoms with Gasteiger partial charge >= 0.3 is 0 Å². The zero-order chi connectivity index (χ0) is 12.7. The van der Waals surface area contributed by atoms with Crippen LogP contribution in [0.1, 0.15) is 17.3 Å². The van der Waals surface area contributed by atoms with Crippen LogP contribution in [0.2, 0.25) is 0 Å². The van der Waals surface area contributed by atoms with Crippen molar-refractivity contribution in [2.24, 2.45) is 7.05 Å². The van der Waals surface area contributed by atoms with E-state index in [2.05, 4.69) is 60.1 Å². The van der Waals surface area contributed by atoms with Crippen LogP contribution >= 0.6 is 0 Å². The minimum absolute atomic E-state index is 0.482. The average molecular weight is 243 g/mol. The third-order valence-electron chi connectivity index (χ3n) is 4.19. The van der Waals surface area contributed by atoms with Crippen LogP contribution in [0.25, 0.3) is 10.9 Å². The van der Waals surface area contributed by atoms with E-state index in [1.807, 2.05) is 0 Å². The maximum atomic E-state index is 3.49. The summed E-state index contributed by atoms with van der Waals surface area (Å²) < 4.78 is 2.34. The summed E-state index contributed by atoms with van der Waals surface area (Å²) in [6.07, 6.45) is 0. The lowest BCUT2D eigenvalue weighted by Gasteiger charge is -2.33. The first-order valence-corrected chi connectivity index (χ1v) is 6.64. The van der Waals surface area contributed by atoms with Crippen molar-refractivity contribution in [3.8, 4) is 0 Å². The molecule has 0 aliphatic carbocycles. The third-order valence-corrected chi connectivity index (χ3v) is 4.19. The molecule has 1 unspecified atom stereocenters. The molecule has 0 saturated carbocycles. The topological polar surface area (TPSA) is 20.2 Å². The summed E-state index contributed by atoms with van der Waals surface area (Å²) in [5.74, 6) is 0. The minimum Gasteiger partial charge on any atom is -0.346 e. The molecule has 3 heteroatoms. The first kappa shape index (κ1) is 11.8. The molecular weight excluding hydrogens is 222 g/mol. The number of likely N-dealkylation sites (N-methyl/N-ethyl adjacent to an activating group) is 1. The SMILES string of the molecule is Cc1cccc2c1cc(C1CNCCN1C)n2C. The predicted octanol–water partition coefficient (Wildman–Crippen LogP) is 2.06. The van der Waals surface area contributed by atoms with Crippen LogP contribution in [0.3, 0.4) is 0 Å². The second-order valence-corrected chi connectivity index (χ2v) is 5.34. The summed E-state index contributed by atoms with van der Waals surface area (Å²) >= 11 is 0. The van der Waals surface area contributed by atoms with Gasteiger partial charge in [-0.3, -0.25) is 4.90 Å².